The van der Waals surface area contributed by atoms with E-state index in [0.717, 1.165) is 11.1 Å². The highest BCUT2D eigenvalue weighted by molar-refractivity contribution is 7.89. The van der Waals surface area contributed by atoms with Crippen molar-refractivity contribution in [3.05, 3.63) is 65.9 Å². The molecule has 1 aliphatic rings. The SMILES string of the molecule is Cc1nc(S(=O)(=O)N2CCC(C(=O)NCc3ccc(Cn4cccn4)cc3)CC2)cn1C. The molecule has 0 aliphatic carbocycles. The van der Waals surface area contributed by atoms with Gasteiger partial charge in [0.05, 0.1) is 6.54 Å². The van der Waals surface area contributed by atoms with Crippen LogP contribution in [-0.2, 0) is 35.0 Å². The smallest absolute Gasteiger partial charge is 0.262 e. The Labute approximate surface area is 188 Å². The summed E-state index contributed by atoms with van der Waals surface area (Å²) in [6, 6.07) is 9.97. The molecule has 1 amide bonds. The summed E-state index contributed by atoms with van der Waals surface area (Å²) in [4.78, 5) is 16.8. The number of rotatable bonds is 7. The second-order valence-corrected chi connectivity index (χ2v) is 10.0. The van der Waals surface area contributed by atoms with Gasteiger partial charge >= 0.3 is 0 Å². The van der Waals surface area contributed by atoms with E-state index in [9.17, 15) is 13.2 Å². The lowest BCUT2D eigenvalue weighted by molar-refractivity contribution is -0.126. The van der Waals surface area contributed by atoms with E-state index >= 15 is 0 Å². The van der Waals surface area contributed by atoms with Crippen molar-refractivity contribution in [2.24, 2.45) is 13.0 Å². The van der Waals surface area contributed by atoms with Crippen LogP contribution in [0.1, 0.15) is 29.8 Å². The van der Waals surface area contributed by atoms with Gasteiger partial charge in [0.25, 0.3) is 10.0 Å². The van der Waals surface area contributed by atoms with Gasteiger partial charge < -0.3 is 9.88 Å². The van der Waals surface area contributed by atoms with Crippen molar-refractivity contribution in [3.8, 4) is 0 Å². The summed E-state index contributed by atoms with van der Waals surface area (Å²) in [5, 5.41) is 7.26. The van der Waals surface area contributed by atoms with E-state index < -0.39 is 10.0 Å². The number of carbonyl (C=O) groups is 1. The number of aryl methyl sites for hydroxylation is 2. The number of piperidine rings is 1. The van der Waals surface area contributed by atoms with Crippen LogP contribution in [0.25, 0.3) is 0 Å². The third-order valence-electron chi connectivity index (χ3n) is 5.91. The van der Waals surface area contributed by atoms with Crippen LogP contribution in [0.5, 0.6) is 0 Å². The Kier molecular flexibility index (Phi) is 6.43. The van der Waals surface area contributed by atoms with E-state index in [2.05, 4.69) is 15.4 Å². The van der Waals surface area contributed by atoms with Crippen LogP contribution in [0, 0.1) is 12.8 Å². The first-order valence-electron chi connectivity index (χ1n) is 10.7. The van der Waals surface area contributed by atoms with Crippen molar-refractivity contribution in [3.63, 3.8) is 0 Å². The molecule has 170 valence electrons. The summed E-state index contributed by atoms with van der Waals surface area (Å²) >= 11 is 0. The minimum absolute atomic E-state index is 0.0312. The topological polar surface area (TPSA) is 102 Å². The van der Waals surface area contributed by atoms with Crippen molar-refractivity contribution < 1.29 is 13.2 Å². The zero-order valence-corrected chi connectivity index (χ0v) is 19.1. The average Bonchev–Trinajstić information content (AvgIpc) is 3.43. The molecule has 1 saturated heterocycles. The van der Waals surface area contributed by atoms with Gasteiger partial charge in [-0.05, 0) is 37.0 Å². The molecule has 0 atom stereocenters. The van der Waals surface area contributed by atoms with E-state index in [-0.39, 0.29) is 16.9 Å². The quantitative estimate of drug-likeness (QED) is 0.583. The molecular formula is C22H28N6O3S. The molecule has 1 fully saturated rings. The van der Waals surface area contributed by atoms with Crippen molar-refractivity contribution in [1.29, 1.82) is 0 Å². The monoisotopic (exact) mass is 456 g/mol. The lowest BCUT2D eigenvalue weighted by atomic mass is 9.97. The summed E-state index contributed by atoms with van der Waals surface area (Å²) in [5.41, 5.74) is 2.16. The predicted octanol–water partition coefficient (Wildman–Crippen LogP) is 1.69. The fourth-order valence-corrected chi connectivity index (χ4v) is 5.31. The number of amides is 1. The Morgan fingerprint density at radius 2 is 1.84 bits per heavy atom. The highest BCUT2D eigenvalue weighted by Crippen LogP contribution is 2.23. The third kappa shape index (κ3) is 4.91. The van der Waals surface area contributed by atoms with Gasteiger partial charge in [-0.2, -0.15) is 9.40 Å². The largest absolute Gasteiger partial charge is 0.352 e. The number of sulfonamides is 1. The second kappa shape index (κ2) is 9.25. The number of aromatic nitrogens is 4. The van der Waals surface area contributed by atoms with Gasteiger partial charge in [-0.15, -0.1) is 0 Å². The maximum Gasteiger partial charge on any atom is 0.262 e. The Balaban J connectivity index is 1.26. The summed E-state index contributed by atoms with van der Waals surface area (Å²) < 4.78 is 30.6. The molecule has 0 spiro atoms. The lowest BCUT2D eigenvalue weighted by Gasteiger charge is -2.29. The minimum Gasteiger partial charge on any atom is -0.352 e. The summed E-state index contributed by atoms with van der Waals surface area (Å²) in [6.07, 6.45) is 6.20. The highest BCUT2D eigenvalue weighted by Gasteiger charge is 2.33. The Morgan fingerprint density at radius 3 is 2.44 bits per heavy atom. The number of nitrogens with one attached hydrogen (secondary N) is 1. The van der Waals surface area contributed by atoms with Crippen LogP contribution in [0.2, 0.25) is 0 Å². The molecule has 1 aromatic carbocycles. The lowest BCUT2D eigenvalue weighted by Crippen LogP contribution is -2.43. The molecule has 0 radical (unpaired) electrons. The highest BCUT2D eigenvalue weighted by atomic mass is 32.2. The standard InChI is InChI=1S/C22H28N6O3S/c1-17-25-21(16-26(17)2)32(30,31)28-12-8-20(9-13-28)22(29)23-14-18-4-6-19(7-5-18)15-27-11-3-10-24-27/h3-7,10-11,16,20H,8-9,12-15H2,1-2H3,(H,23,29). The van der Waals surface area contributed by atoms with Crippen molar-refractivity contribution >= 4 is 15.9 Å². The molecule has 0 unspecified atom stereocenters. The van der Waals surface area contributed by atoms with Gasteiger partial charge in [-0.3, -0.25) is 9.48 Å². The number of hydrogen-bond acceptors (Lipinski definition) is 5. The normalized spacial score (nSPS) is 15.7. The number of carbonyl (C=O) groups excluding carboxylic acids is 1. The van der Waals surface area contributed by atoms with Crippen LogP contribution in [0.3, 0.4) is 0 Å². The van der Waals surface area contributed by atoms with Crippen LogP contribution >= 0.6 is 0 Å². The molecule has 3 heterocycles. The van der Waals surface area contributed by atoms with Gasteiger partial charge in [0, 0.05) is 51.2 Å². The number of benzene rings is 1. The second-order valence-electron chi connectivity index (χ2n) is 8.15. The van der Waals surface area contributed by atoms with Crippen LogP contribution in [-0.4, -0.2) is 51.1 Å². The Morgan fingerprint density at radius 1 is 1.16 bits per heavy atom. The molecule has 4 rings (SSSR count). The number of hydrogen-bond donors (Lipinski definition) is 1. The predicted molar refractivity (Wildman–Crippen MR) is 119 cm³/mol. The van der Waals surface area contributed by atoms with Crippen LogP contribution in [0.4, 0.5) is 0 Å². The molecule has 9 nitrogen and oxygen atoms in total. The Hall–Kier alpha value is -2.98. The van der Waals surface area contributed by atoms with E-state index in [1.807, 2.05) is 41.2 Å². The van der Waals surface area contributed by atoms with E-state index in [1.165, 1.54) is 10.5 Å². The maximum atomic E-state index is 12.8. The molecule has 0 bridgehead atoms. The zero-order valence-electron chi connectivity index (χ0n) is 18.3. The van der Waals surface area contributed by atoms with E-state index in [1.54, 1.807) is 24.7 Å². The van der Waals surface area contributed by atoms with Crippen molar-refractivity contribution in [1.82, 2.24) is 29.0 Å². The summed E-state index contributed by atoms with van der Waals surface area (Å²) in [7, 11) is -1.86. The Bertz CT molecular complexity index is 1140. The first-order chi connectivity index (χ1) is 15.3. The minimum atomic E-state index is -3.63. The number of nitrogens with zero attached hydrogens (tertiary/aromatic N) is 5. The number of imidazole rings is 1. The molecular weight excluding hydrogens is 428 g/mol. The fourth-order valence-electron chi connectivity index (χ4n) is 3.82. The van der Waals surface area contributed by atoms with Crippen LogP contribution < -0.4 is 5.32 Å². The molecule has 3 aromatic rings. The van der Waals surface area contributed by atoms with E-state index in [0.29, 0.717) is 44.8 Å². The molecule has 0 saturated carbocycles. The summed E-state index contributed by atoms with van der Waals surface area (Å²) in [6.45, 7) is 3.56. The fraction of sp³-hybridized carbons (Fsp3) is 0.409. The summed E-state index contributed by atoms with van der Waals surface area (Å²) in [5.74, 6) is 0.426. The van der Waals surface area contributed by atoms with E-state index in [4.69, 9.17) is 0 Å². The maximum absolute atomic E-state index is 12.8. The first-order valence-corrected chi connectivity index (χ1v) is 12.1. The van der Waals surface area contributed by atoms with Gasteiger partial charge in [0.2, 0.25) is 5.91 Å². The molecule has 2 aromatic heterocycles. The van der Waals surface area contributed by atoms with Gasteiger partial charge in [-0.1, -0.05) is 24.3 Å². The molecule has 1 N–H and O–H groups in total. The average molecular weight is 457 g/mol. The van der Waals surface area contributed by atoms with Crippen LogP contribution in [0.15, 0.2) is 53.9 Å². The van der Waals surface area contributed by atoms with Gasteiger partial charge in [0.15, 0.2) is 5.03 Å². The van der Waals surface area contributed by atoms with Crippen molar-refractivity contribution in [2.45, 2.75) is 37.9 Å². The molecule has 32 heavy (non-hydrogen) atoms. The van der Waals surface area contributed by atoms with Gasteiger partial charge in [0.1, 0.15) is 5.82 Å². The van der Waals surface area contributed by atoms with Gasteiger partial charge in [-0.25, -0.2) is 13.4 Å². The zero-order chi connectivity index (χ0) is 22.7. The molecule has 10 heteroatoms. The first kappa shape index (κ1) is 22.2. The molecule has 1 aliphatic heterocycles. The van der Waals surface area contributed by atoms with Crippen molar-refractivity contribution in [2.75, 3.05) is 13.1 Å². The third-order valence-corrected chi connectivity index (χ3v) is 7.68.